The molecule has 7 nitrogen and oxygen atoms in total. The van der Waals surface area contributed by atoms with E-state index >= 15 is 0 Å². The minimum Gasteiger partial charge on any atom is -0.497 e. The van der Waals surface area contributed by atoms with E-state index in [1.54, 1.807) is 17.9 Å². The topological polar surface area (TPSA) is 88.1 Å². The molecule has 0 amide bonds. The van der Waals surface area contributed by atoms with Crippen LogP contribution in [-0.2, 0) is 4.74 Å². The summed E-state index contributed by atoms with van der Waals surface area (Å²) in [6.45, 7) is 5.16. The Morgan fingerprint density at radius 1 is 1.35 bits per heavy atom. The van der Waals surface area contributed by atoms with Gasteiger partial charge in [-0.1, -0.05) is 0 Å². The molecule has 0 saturated carbocycles. The summed E-state index contributed by atoms with van der Waals surface area (Å²) < 4.78 is 12.4. The van der Waals surface area contributed by atoms with E-state index in [9.17, 15) is 0 Å². The Hall–Kier alpha value is -2.15. The second-order valence-electron chi connectivity index (χ2n) is 4.45. The van der Waals surface area contributed by atoms with Crippen molar-refractivity contribution in [1.82, 2.24) is 20.2 Å². The summed E-state index contributed by atoms with van der Waals surface area (Å²) in [5.74, 6) is 1.31. The van der Waals surface area contributed by atoms with Crippen LogP contribution in [0.15, 0.2) is 18.2 Å². The molecule has 0 fully saturated rings. The molecule has 1 aromatic heterocycles. The fourth-order valence-electron chi connectivity index (χ4n) is 1.91. The molecule has 108 valence electrons. The van der Waals surface area contributed by atoms with Crippen LogP contribution in [0.5, 0.6) is 5.75 Å². The minimum atomic E-state index is 0.0346. The molecule has 2 rings (SSSR count). The highest BCUT2D eigenvalue weighted by molar-refractivity contribution is 5.64. The number of nitrogens with zero attached hydrogens (tertiary/aromatic N) is 4. The van der Waals surface area contributed by atoms with Crippen molar-refractivity contribution in [3.8, 4) is 17.1 Å². The molecule has 2 N–H and O–H groups in total. The number of nitrogen functional groups attached to an aromatic ring is 1. The predicted molar refractivity (Wildman–Crippen MR) is 75.4 cm³/mol. The van der Waals surface area contributed by atoms with E-state index in [1.807, 2.05) is 26.0 Å². The molecular weight excluding hydrogens is 258 g/mol. The van der Waals surface area contributed by atoms with Crippen LogP contribution in [0.3, 0.4) is 0 Å². The van der Waals surface area contributed by atoms with Gasteiger partial charge in [-0.05, 0) is 36.4 Å². The highest BCUT2D eigenvalue weighted by atomic mass is 16.5. The summed E-state index contributed by atoms with van der Waals surface area (Å²) in [6, 6.07) is 5.46. The van der Waals surface area contributed by atoms with Crippen LogP contribution in [0.4, 0.5) is 5.69 Å². The number of tetrazole rings is 1. The lowest BCUT2D eigenvalue weighted by atomic mass is 10.1. The van der Waals surface area contributed by atoms with Crippen molar-refractivity contribution in [2.45, 2.75) is 19.9 Å². The maximum absolute atomic E-state index is 5.86. The van der Waals surface area contributed by atoms with Crippen molar-refractivity contribution in [3.63, 3.8) is 0 Å². The van der Waals surface area contributed by atoms with Gasteiger partial charge in [-0.2, -0.15) is 0 Å². The summed E-state index contributed by atoms with van der Waals surface area (Å²) in [5, 5.41) is 11.8. The number of benzene rings is 1. The van der Waals surface area contributed by atoms with Crippen molar-refractivity contribution in [3.05, 3.63) is 18.2 Å². The van der Waals surface area contributed by atoms with Crippen molar-refractivity contribution < 1.29 is 9.47 Å². The molecule has 7 heteroatoms. The summed E-state index contributed by atoms with van der Waals surface area (Å²) in [7, 11) is 1.60. The third kappa shape index (κ3) is 3.05. The summed E-state index contributed by atoms with van der Waals surface area (Å²) in [4.78, 5) is 0. The second-order valence-corrected chi connectivity index (χ2v) is 4.45. The quantitative estimate of drug-likeness (QED) is 0.805. The lowest BCUT2D eigenvalue weighted by Gasteiger charge is -2.13. The summed E-state index contributed by atoms with van der Waals surface area (Å²) in [5.41, 5.74) is 7.28. The molecule has 0 aliphatic heterocycles. The van der Waals surface area contributed by atoms with Gasteiger partial charge in [-0.3, -0.25) is 0 Å². The van der Waals surface area contributed by atoms with Gasteiger partial charge in [0, 0.05) is 23.9 Å². The lowest BCUT2D eigenvalue weighted by molar-refractivity contribution is 0.115. The van der Waals surface area contributed by atoms with Crippen LogP contribution in [0.25, 0.3) is 11.4 Å². The highest BCUT2D eigenvalue weighted by Gasteiger charge is 2.15. The predicted octanol–water partition coefficient (Wildman–Crippen LogP) is 1.53. The summed E-state index contributed by atoms with van der Waals surface area (Å²) in [6.07, 6.45) is 0. The van der Waals surface area contributed by atoms with E-state index in [2.05, 4.69) is 15.5 Å². The molecule has 0 radical (unpaired) electrons. The first-order chi connectivity index (χ1) is 9.65. The van der Waals surface area contributed by atoms with Crippen molar-refractivity contribution in [2.24, 2.45) is 0 Å². The Bertz CT molecular complexity index is 570. The zero-order valence-corrected chi connectivity index (χ0v) is 11.9. The molecule has 1 aromatic carbocycles. The molecule has 20 heavy (non-hydrogen) atoms. The molecular formula is C13H19N5O2. The summed E-state index contributed by atoms with van der Waals surface area (Å²) >= 11 is 0. The van der Waals surface area contributed by atoms with Crippen molar-refractivity contribution in [2.75, 3.05) is 26.1 Å². The van der Waals surface area contributed by atoms with E-state index in [1.165, 1.54) is 0 Å². The van der Waals surface area contributed by atoms with Gasteiger partial charge in [0.25, 0.3) is 0 Å². The number of rotatable bonds is 6. The van der Waals surface area contributed by atoms with E-state index < -0.39 is 0 Å². The van der Waals surface area contributed by atoms with Gasteiger partial charge in [0.1, 0.15) is 5.75 Å². The smallest absolute Gasteiger partial charge is 0.182 e. The Morgan fingerprint density at radius 2 is 2.15 bits per heavy atom. The number of anilines is 1. The maximum Gasteiger partial charge on any atom is 0.182 e. The van der Waals surface area contributed by atoms with Crippen LogP contribution in [0.2, 0.25) is 0 Å². The van der Waals surface area contributed by atoms with E-state index in [-0.39, 0.29) is 6.04 Å². The van der Waals surface area contributed by atoms with Crippen LogP contribution < -0.4 is 10.5 Å². The molecule has 0 saturated heterocycles. The first kappa shape index (κ1) is 14.3. The second kappa shape index (κ2) is 6.33. The fraction of sp³-hybridized carbons (Fsp3) is 0.462. The van der Waals surface area contributed by atoms with Gasteiger partial charge in [0.05, 0.1) is 19.8 Å². The van der Waals surface area contributed by atoms with E-state index in [0.717, 1.165) is 5.56 Å². The fourth-order valence-corrected chi connectivity index (χ4v) is 1.91. The zero-order valence-electron chi connectivity index (χ0n) is 11.9. The Morgan fingerprint density at radius 3 is 2.85 bits per heavy atom. The first-order valence-electron chi connectivity index (χ1n) is 6.46. The number of nitrogens with two attached hydrogens (primary N) is 1. The number of hydrogen-bond donors (Lipinski definition) is 1. The average Bonchev–Trinajstić information content (AvgIpc) is 2.93. The maximum atomic E-state index is 5.86. The standard InChI is InChI=1S/C13H19N5O2/c1-4-20-8-9(2)18-13(15-16-17-18)10-5-11(14)7-12(6-10)19-3/h5-7,9H,4,8,14H2,1-3H3. The van der Waals surface area contributed by atoms with Crippen LogP contribution in [0, 0.1) is 0 Å². The largest absolute Gasteiger partial charge is 0.497 e. The molecule has 1 atom stereocenters. The zero-order chi connectivity index (χ0) is 14.5. The van der Waals surface area contributed by atoms with E-state index in [0.29, 0.717) is 30.5 Å². The Labute approximate surface area is 117 Å². The number of ether oxygens (including phenoxy) is 2. The van der Waals surface area contributed by atoms with E-state index in [4.69, 9.17) is 15.2 Å². The SMILES string of the molecule is CCOCC(C)n1nnnc1-c1cc(N)cc(OC)c1. The molecule has 1 heterocycles. The van der Waals surface area contributed by atoms with Gasteiger partial charge in [-0.15, -0.1) is 5.10 Å². The number of aromatic nitrogens is 4. The van der Waals surface area contributed by atoms with Gasteiger partial charge >= 0.3 is 0 Å². The molecule has 0 aliphatic rings. The van der Waals surface area contributed by atoms with Crippen LogP contribution >= 0.6 is 0 Å². The number of methoxy groups -OCH3 is 1. The highest BCUT2D eigenvalue weighted by Crippen LogP contribution is 2.26. The normalized spacial score (nSPS) is 12.3. The first-order valence-corrected chi connectivity index (χ1v) is 6.46. The lowest BCUT2D eigenvalue weighted by Crippen LogP contribution is -2.15. The molecule has 1 unspecified atom stereocenters. The molecule has 0 spiro atoms. The Kier molecular flexibility index (Phi) is 4.52. The monoisotopic (exact) mass is 277 g/mol. The van der Waals surface area contributed by atoms with Crippen LogP contribution in [0.1, 0.15) is 19.9 Å². The van der Waals surface area contributed by atoms with Gasteiger partial charge in [0.15, 0.2) is 5.82 Å². The third-order valence-electron chi connectivity index (χ3n) is 2.90. The minimum absolute atomic E-state index is 0.0346. The van der Waals surface area contributed by atoms with Crippen molar-refractivity contribution in [1.29, 1.82) is 0 Å². The van der Waals surface area contributed by atoms with Crippen molar-refractivity contribution >= 4 is 5.69 Å². The number of hydrogen-bond acceptors (Lipinski definition) is 6. The Balaban J connectivity index is 2.34. The average molecular weight is 277 g/mol. The molecule has 0 bridgehead atoms. The van der Waals surface area contributed by atoms with Gasteiger partial charge < -0.3 is 15.2 Å². The van der Waals surface area contributed by atoms with Gasteiger partial charge in [-0.25, -0.2) is 4.68 Å². The molecule has 0 aliphatic carbocycles. The third-order valence-corrected chi connectivity index (χ3v) is 2.90. The molecule has 2 aromatic rings. The van der Waals surface area contributed by atoms with Crippen LogP contribution in [-0.4, -0.2) is 40.5 Å². The van der Waals surface area contributed by atoms with Gasteiger partial charge in [0.2, 0.25) is 0 Å².